The Labute approximate surface area is 122 Å². The number of carbonyl (C=O) groups is 1. The summed E-state index contributed by atoms with van der Waals surface area (Å²) in [4.78, 5) is 10.2. The van der Waals surface area contributed by atoms with Crippen LogP contribution in [-0.4, -0.2) is 11.1 Å². The zero-order chi connectivity index (χ0) is 11.4. The van der Waals surface area contributed by atoms with Crippen LogP contribution in [0.2, 0.25) is 0 Å². The first kappa shape index (κ1) is 18.7. The van der Waals surface area contributed by atoms with E-state index in [2.05, 4.69) is 6.92 Å². The van der Waals surface area contributed by atoms with E-state index in [9.17, 15) is 4.79 Å². The molecule has 0 aromatic carbocycles. The average molecular weight is 236 g/mol. The Hall–Kier alpha value is 0.340. The van der Waals surface area contributed by atoms with Crippen molar-refractivity contribution in [2.45, 2.75) is 71.1 Å². The second kappa shape index (κ2) is 15.3. The van der Waals surface area contributed by atoms with E-state index in [0.717, 1.165) is 12.8 Å². The Balaban J connectivity index is 0. The number of rotatable bonds is 11. The second-order valence-corrected chi connectivity index (χ2v) is 4.16. The van der Waals surface area contributed by atoms with Crippen molar-refractivity contribution in [1.82, 2.24) is 0 Å². The van der Waals surface area contributed by atoms with Gasteiger partial charge in [0.1, 0.15) is 0 Å². The van der Waals surface area contributed by atoms with E-state index in [1.165, 1.54) is 57.8 Å². The van der Waals surface area contributed by atoms with Crippen LogP contribution in [0.3, 0.4) is 0 Å². The molecule has 0 saturated heterocycles. The van der Waals surface area contributed by atoms with Gasteiger partial charge in [0.2, 0.25) is 0 Å². The maximum atomic E-state index is 10.2. The molecule has 90 valence electrons. The quantitative estimate of drug-likeness (QED) is 0.332. The normalized spacial score (nSPS) is 9.56. The van der Waals surface area contributed by atoms with E-state index in [1.54, 1.807) is 0 Å². The van der Waals surface area contributed by atoms with Gasteiger partial charge >= 0.3 is 29.6 Å². The van der Waals surface area contributed by atoms with Gasteiger partial charge in [0.05, 0.1) is 0 Å². The fourth-order valence-electron chi connectivity index (χ4n) is 1.68. The minimum atomic E-state index is -0.783. The molecule has 0 spiro atoms. The molecule has 2 nitrogen and oxygen atoms in total. The van der Waals surface area contributed by atoms with Crippen molar-refractivity contribution >= 4 is 5.97 Å². The molecular weight excluding hydrogens is 211 g/mol. The molecule has 0 aromatic heterocycles. The van der Waals surface area contributed by atoms with E-state index in [0.29, 0.717) is 0 Å². The minimum absolute atomic E-state index is 0. The molecule has 0 saturated carbocycles. The molecule has 0 heterocycles. The molecular formula is C13H25NaO2. The second-order valence-electron chi connectivity index (χ2n) is 4.16. The maximum absolute atomic E-state index is 10.2. The Kier molecular flexibility index (Phi) is 17.9. The summed E-state index contributed by atoms with van der Waals surface area (Å²) in [5.74, 6) is -0.783. The van der Waals surface area contributed by atoms with Crippen LogP contribution in [0.4, 0.5) is 0 Å². The summed E-state index contributed by atoms with van der Waals surface area (Å²) >= 11 is 0. The van der Waals surface area contributed by atoms with E-state index < -0.39 is 5.97 Å². The molecule has 16 heavy (non-hydrogen) atoms. The third-order valence-corrected chi connectivity index (χ3v) is 2.63. The SMILES string of the molecule is CCCCCCCCCCC[CH-]C(=O)O.[Na+]. The van der Waals surface area contributed by atoms with Gasteiger partial charge in [0.25, 0.3) is 0 Å². The summed E-state index contributed by atoms with van der Waals surface area (Å²) in [5.41, 5.74) is 0. The van der Waals surface area contributed by atoms with E-state index >= 15 is 0 Å². The molecule has 0 fully saturated rings. The predicted octanol–water partition coefficient (Wildman–Crippen LogP) is 1.20. The number of aliphatic carboxylic acids is 1. The summed E-state index contributed by atoms with van der Waals surface area (Å²) in [6, 6.07) is 0. The Morgan fingerprint density at radius 2 is 1.38 bits per heavy atom. The van der Waals surface area contributed by atoms with Crippen LogP contribution in [0.25, 0.3) is 0 Å². The number of hydrogen-bond donors (Lipinski definition) is 1. The van der Waals surface area contributed by atoms with Gasteiger partial charge in [-0.05, 0) is 0 Å². The molecule has 0 atom stereocenters. The molecule has 0 aliphatic rings. The number of unbranched alkanes of at least 4 members (excludes halogenated alkanes) is 9. The smallest absolute Gasteiger partial charge is 0.503 e. The van der Waals surface area contributed by atoms with Crippen molar-refractivity contribution in [2.24, 2.45) is 0 Å². The van der Waals surface area contributed by atoms with Crippen molar-refractivity contribution in [2.75, 3.05) is 0 Å². The van der Waals surface area contributed by atoms with Crippen molar-refractivity contribution in [3.05, 3.63) is 6.42 Å². The molecule has 0 amide bonds. The zero-order valence-corrected chi connectivity index (χ0v) is 13.0. The largest absolute Gasteiger partial charge is 1.00 e. The van der Waals surface area contributed by atoms with Gasteiger partial charge in [-0.25, -0.2) is 0 Å². The summed E-state index contributed by atoms with van der Waals surface area (Å²) in [6.45, 7) is 2.24. The first-order chi connectivity index (χ1) is 7.27. The Morgan fingerprint density at radius 3 is 1.81 bits per heavy atom. The fraction of sp³-hybridized carbons (Fsp3) is 0.846. The molecule has 0 aromatic rings. The summed E-state index contributed by atoms with van der Waals surface area (Å²) in [7, 11) is 0. The van der Waals surface area contributed by atoms with Gasteiger partial charge in [0, 0.05) is 0 Å². The Morgan fingerprint density at radius 1 is 0.938 bits per heavy atom. The molecule has 0 bridgehead atoms. The Bertz CT molecular complexity index is 149. The molecule has 0 rings (SSSR count). The van der Waals surface area contributed by atoms with Gasteiger partial charge in [-0.3, -0.25) is 11.2 Å². The van der Waals surface area contributed by atoms with Gasteiger partial charge in [-0.1, -0.05) is 64.7 Å². The van der Waals surface area contributed by atoms with Crippen LogP contribution in [0.1, 0.15) is 71.1 Å². The number of carboxylic acid groups (broad SMARTS) is 1. The topological polar surface area (TPSA) is 37.3 Å². The first-order valence-electron chi connectivity index (χ1n) is 6.33. The number of carboxylic acids is 1. The van der Waals surface area contributed by atoms with Crippen molar-refractivity contribution in [3.8, 4) is 0 Å². The van der Waals surface area contributed by atoms with Crippen molar-refractivity contribution in [3.63, 3.8) is 0 Å². The molecule has 1 N–H and O–H groups in total. The average Bonchev–Trinajstić information content (AvgIpc) is 2.20. The zero-order valence-electron chi connectivity index (χ0n) is 11.0. The summed E-state index contributed by atoms with van der Waals surface area (Å²) in [6.07, 6.45) is 13.7. The third kappa shape index (κ3) is 16.8. The van der Waals surface area contributed by atoms with Crippen molar-refractivity contribution in [1.29, 1.82) is 0 Å². The van der Waals surface area contributed by atoms with E-state index in [-0.39, 0.29) is 29.6 Å². The molecule has 0 radical (unpaired) electrons. The van der Waals surface area contributed by atoms with E-state index in [4.69, 9.17) is 5.11 Å². The monoisotopic (exact) mass is 236 g/mol. The maximum Gasteiger partial charge on any atom is 1.00 e. The molecule has 0 aliphatic heterocycles. The van der Waals surface area contributed by atoms with Crippen LogP contribution < -0.4 is 29.6 Å². The molecule has 0 aliphatic carbocycles. The third-order valence-electron chi connectivity index (χ3n) is 2.63. The number of hydrogen-bond acceptors (Lipinski definition) is 1. The van der Waals surface area contributed by atoms with Gasteiger partial charge in [0.15, 0.2) is 5.97 Å². The van der Waals surface area contributed by atoms with Crippen LogP contribution in [0.5, 0.6) is 0 Å². The molecule has 3 heteroatoms. The van der Waals surface area contributed by atoms with Gasteiger partial charge in [-0.2, -0.15) is 6.42 Å². The van der Waals surface area contributed by atoms with Crippen LogP contribution in [0, 0.1) is 6.42 Å². The van der Waals surface area contributed by atoms with E-state index in [1.807, 2.05) is 0 Å². The van der Waals surface area contributed by atoms with Crippen LogP contribution >= 0.6 is 0 Å². The molecule has 0 unspecified atom stereocenters. The standard InChI is InChI=1S/C13H25O2.Na/c1-2-3-4-5-6-7-8-9-10-11-12-13(14)15;/h12H,2-11H2,1H3,(H,14,15);/q-1;+1. The van der Waals surface area contributed by atoms with Crippen LogP contribution in [-0.2, 0) is 4.79 Å². The van der Waals surface area contributed by atoms with Gasteiger partial charge < -0.3 is 5.11 Å². The predicted molar refractivity (Wildman–Crippen MR) is 63.8 cm³/mol. The summed E-state index contributed by atoms with van der Waals surface area (Å²) < 4.78 is 0. The first-order valence-corrected chi connectivity index (χ1v) is 6.33. The van der Waals surface area contributed by atoms with Crippen molar-refractivity contribution < 1.29 is 39.5 Å². The summed E-state index contributed by atoms with van der Waals surface area (Å²) in [5, 5.41) is 8.38. The van der Waals surface area contributed by atoms with Crippen LogP contribution in [0.15, 0.2) is 0 Å². The van der Waals surface area contributed by atoms with Gasteiger partial charge in [-0.15, -0.1) is 0 Å². The minimum Gasteiger partial charge on any atom is -0.503 e. The fourth-order valence-corrected chi connectivity index (χ4v) is 1.68.